The van der Waals surface area contributed by atoms with Crippen LogP contribution in [0.3, 0.4) is 0 Å². The van der Waals surface area contributed by atoms with Crippen LogP contribution in [0.2, 0.25) is 0 Å². The fraction of sp³-hybridized carbons (Fsp3) is 0.667. The van der Waals surface area contributed by atoms with Gasteiger partial charge in [-0.15, -0.1) is 0 Å². The summed E-state index contributed by atoms with van der Waals surface area (Å²) in [6.45, 7) is 0. The second kappa shape index (κ2) is 3.37. The predicted molar refractivity (Wildman–Crippen MR) is 39.3 cm³/mol. The van der Waals surface area contributed by atoms with Crippen molar-refractivity contribution in [3.8, 4) is 0 Å². The van der Waals surface area contributed by atoms with E-state index in [4.69, 9.17) is 0 Å². The van der Waals surface area contributed by atoms with Gasteiger partial charge in [0.2, 0.25) is 10.0 Å². The number of carbonyl (C=O) groups excluding carboxylic acids is 1. The Labute approximate surface area is 69.8 Å². The molecule has 12 heavy (non-hydrogen) atoms. The molecule has 7 nitrogen and oxygen atoms in total. The van der Waals surface area contributed by atoms with Gasteiger partial charge in [0.05, 0.1) is 13.4 Å². The van der Waals surface area contributed by atoms with Crippen LogP contribution in [0.5, 0.6) is 0 Å². The molecule has 0 aromatic carbocycles. The fourth-order valence-electron chi connectivity index (χ4n) is 0.343. The van der Waals surface area contributed by atoms with Gasteiger partial charge in [-0.3, -0.25) is 0 Å². The maximum atomic E-state index is 10.6. The molecule has 0 heterocycles. The summed E-state index contributed by atoms with van der Waals surface area (Å²) in [4.78, 5) is 10.4. The molecule has 0 saturated heterocycles. The number of carbonyl (C=O) groups is 1. The lowest BCUT2D eigenvalue weighted by molar-refractivity contribution is 0.197. The topological polar surface area (TPSA) is 107 Å². The zero-order chi connectivity index (χ0) is 9.99. The van der Waals surface area contributed by atoms with Crippen LogP contribution >= 0.6 is 0 Å². The van der Waals surface area contributed by atoms with E-state index in [1.54, 1.807) is 0 Å². The molecule has 0 saturated carbocycles. The van der Waals surface area contributed by atoms with Crippen LogP contribution < -0.4 is 4.13 Å². The van der Waals surface area contributed by atoms with Crippen LogP contribution in [0, 0.1) is 0 Å². The Bertz CT molecular complexity index is 364. The van der Waals surface area contributed by atoms with E-state index in [0.717, 1.165) is 11.2 Å². The Morgan fingerprint density at radius 3 is 1.92 bits per heavy atom. The normalized spacial score (nSPS) is 12.5. The molecule has 0 atom stereocenters. The van der Waals surface area contributed by atoms with Gasteiger partial charge < -0.3 is 4.74 Å². The smallest absolute Gasteiger partial charge is 0.440 e. The lowest BCUT2D eigenvalue weighted by Crippen LogP contribution is -2.34. The van der Waals surface area contributed by atoms with E-state index in [9.17, 15) is 21.6 Å². The molecule has 72 valence electrons. The van der Waals surface area contributed by atoms with Gasteiger partial charge in [0.15, 0.2) is 0 Å². The SMILES string of the molecule is COC(=O)S(=O)(=O)NS(C)(=O)=O. The summed E-state index contributed by atoms with van der Waals surface area (Å²) in [6, 6.07) is 0. The highest BCUT2D eigenvalue weighted by atomic mass is 32.3. The first-order valence-corrected chi connectivity index (χ1v) is 5.88. The third kappa shape index (κ3) is 3.64. The molecule has 0 unspecified atom stereocenters. The van der Waals surface area contributed by atoms with E-state index in [1.807, 2.05) is 0 Å². The van der Waals surface area contributed by atoms with Crippen LogP contribution in [0.1, 0.15) is 0 Å². The lowest BCUT2D eigenvalue weighted by Gasteiger charge is -2.00. The largest absolute Gasteiger partial charge is 0.456 e. The van der Waals surface area contributed by atoms with Crippen LogP contribution in [-0.2, 0) is 24.8 Å². The van der Waals surface area contributed by atoms with E-state index in [2.05, 4.69) is 4.74 Å². The summed E-state index contributed by atoms with van der Waals surface area (Å²) in [5, 5.41) is -1.65. The van der Waals surface area contributed by atoms with Crippen molar-refractivity contribution in [2.24, 2.45) is 0 Å². The monoisotopic (exact) mass is 217 g/mol. The molecule has 0 radical (unpaired) electrons. The average molecular weight is 217 g/mol. The second-order valence-electron chi connectivity index (χ2n) is 1.81. The van der Waals surface area contributed by atoms with E-state index in [-0.39, 0.29) is 0 Å². The van der Waals surface area contributed by atoms with Crippen LogP contribution in [0.4, 0.5) is 4.79 Å². The quantitative estimate of drug-likeness (QED) is 0.572. The number of rotatable bonds is 2. The molecule has 0 aliphatic heterocycles. The Hall–Kier alpha value is -0.670. The molecule has 0 aliphatic carbocycles. The number of sulfonamides is 2. The maximum absolute atomic E-state index is 10.6. The van der Waals surface area contributed by atoms with Crippen molar-refractivity contribution < 1.29 is 26.4 Å². The van der Waals surface area contributed by atoms with Crippen molar-refractivity contribution in [3.63, 3.8) is 0 Å². The Balaban J connectivity index is 4.82. The molecule has 0 aromatic heterocycles. The van der Waals surface area contributed by atoms with E-state index in [1.165, 1.54) is 0 Å². The summed E-state index contributed by atoms with van der Waals surface area (Å²) in [6.07, 6.45) is 0.605. The Kier molecular flexibility index (Phi) is 3.18. The molecule has 0 rings (SSSR count). The highest BCUT2D eigenvalue weighted by molar-refractivity contribution is 8.12. The van der Waals surface area contributed by atoms with E-state index >= 15 is 0 Å². The van der Waals surface area contributed by atoms with Crippen molar-refractivity contribution in [1.29, 1.82) is 0 Å². The molecular formula is C3H7NO6S2. The van der Waals surface area contributed by atoms with Gasteiger partial charge in [-0.2, -0.15) is 8.42 Å². The van der Waals surface area contributed by atoms with Gasteiger partial charge in [-0.05, 0) is 0 Å². The van der Waals surface area contributed by atoms with Crippen LogP contribution in [0.25, 0.3) is 0 Å². The van der Waals surface area contributed by atoms with Crippen molar-refractivity contribution in [1.82, 2.24) is 4.13 Å². The minimum Gasteiger partial charge on any atom is -0.456 e. The molecule has 0 spiro atoms. The van der Waals surface area contributed by atoms with Crippen molar-refractivity contribution in [3.05, 3.63) is 0 Å². The zero-order valence-electron chi connectivity index (χ0n) is 6.27. The number of hydrogen-bond donors (Lipinski definition) is 1. The Morgan fingerprint density at radius 2 is 1.67 bits per heavy atom. The fourth-order valence-corrected chi connectivity index (χ4v) is 2.43. The third-order valence-corrected chi connectivity index (χ3v) is 3.34. The van der Waals surface area contributed by atoms with Crippen molar-refractivity contribution in [2.75, 3.05) is 13.4 Å². The summed E-state index contributed by atoms with van der Waals surface area (Å²) in [5.74, 6) is 0. The third-order valence-electron chi connectivity index (χ3n) is 0.647. The highest BCUT2D eigenvalue weighted by Crippen LogP contribution is 1.92. The maximum Gasteiger partial charge on any atom is 0.440 e. The number of hydrogen-bond acceptors (Lipinski definition) is 6. The summed E-state index contributed by atoms with van der Waals surface area (Å²) < 4.78 is 46.9. The Morgan fingerprint density at radius 1 is 1.25 bits per heavy atom. The molecule has 9 heteroatoms. The van der Waals surface area contributed by atoms with E-state index < -0.39 is 25.3 Å². The first kappa shape index (κ1) is 11.3. The molecule has 1 N–H and O–H groups in total. The van der Waals surface area contributed by atoms with Gasteiger partial charge in [0.1, 0.15) is 0 Å². The lowest BCUT2D eigenvalue weighted by atomic mass is 11.5. The summed E-state index contributed by atoms with van der Waals surface area (Å²) >= 11 is 0. The molecule has 0 bridgehead atoms. The zero-order valence-corrected chi connectivity index (χ0v) is 7.90. The number of methoxy groups -OCH3 is 1. The van der Waals surface area contributed by atoms with Crippen molar-refractivity contribution >= 4 is 25.3 Å². The van der Waals surface area contributed by atoms with Gasteiger partial charge in [-0.25, -0.2) is 13.2 Å². The molecule has 0 aliphatic rings. The van der Waals surface area contributed by atoms with Gasteiger partial charge in [0.25, 0.3) is 0 Å². The predicted octanol–water partition coefficient (Wildman–Crippen LogP) is -1.37. The summed E-state index contributed by atoms with van der Waals surface area (Å²) in [5.41, 5.74) is 0. The van der Waals surface area contributed by atoms with Crippen LogP contribution in [-0.4, -0.2) is 35.5 Å². The van der Waals surface area contributed by atoms with Crippen LogP contribution in [0.15, 0.2) is 0 Å². The van der Waals surface area contributed by atoms with E-state index in [0.29, 0.717) is 6.26 Å². The number of ether oxygens (including phenoxy) is 1. The summed E-state index contributed by atoms with van der Waals surface area (Å²) in [7, 11) is -7.72. The average Bonchev–Trinajstić information content (AvgIpc) is 1.80. The minimum absolute atomic E-state index is 0.605. The number of nitrogens with one attached hydrogen (secondary N) is 1. The minimum atomic E-state index is -4.57. The first-order chi connectivity index (χ1) is 5.19. The van der Waals surface area contributed by atoms with Gasteiger partial charge in [-0.1, -0.05) is 4.13 Å². The highest BCUT2D eigenvalue weighted by Gasteiger charge is 2.26. The standard InChI is InChI=1S/C3H7NO6S2/c1-10-3(5)12(8,9)4-11(2,6)7/h4H,1-2H3. The molecular weight excluding hydrogens is 210 g/mol. The van der Waals surface area contributed by atoms with Crippen molar-refractivity contribution in [2.45, 2.75) is 0 Å². The molecule has 0 fully saturated rings. The molecule has 0 amide bonds. The van der Waals surface area contributed by atoms with Gasteiger partial charge in [0, 0.05) is 0 Å². The van der Waals surface area contributed by atoms with Gasteiger partial charge >= 0.3 is 15.3 Å². The molecule has 0 aromatic rings. The first-order valence-electron chi connectivity index (χ1n) is 2.50. The second-order valence-corrected chi connectivity index (χ2v) is 5.36.